The predicted octanol–water partition coefficient (Wildman–Crippen LogP) is 2.20. The third-order valence-electron chi connectivity index (χ3n) is 2.95. The van der Waals surface area contributed by atoms with E-state index in [9.17, 15) is 27.2 Å². The van der Waals surface area contributed by atoms with Crippen LogP contribution in [-0.2, 0) is 4.74 Å². The zero-order valence-electron chi connectivity index (χ0n) is 10.7. The number of fused-ring (bicyclic) bond motifs is 1. The van der Waals surface area contributed by atoms with Gasteiger partial charge in [0.1, 0.15) is 6.61 Å². The molecule has 0 spiro atoms. The monoisotopic (exact) mass is 305 g/mol. The molecule has 0 radical (unpaired) electrons. The topological polar surface area (TPSA) is 46.6 Å². The zero-order chi connectivity index (χ0) is 15.6. The van der Waals surface area contributed by atoms with E-state index in [0.717, 1.165) is 4.90 Å². The van der Waals surface area contributed by atoms with E-state index in [-0.39, 0.29) is 17.7 Å². The third kappa shape index (κ3) is 3.05. The van der Waals surface area contributed by atoms with Crippen molar-refractivity contribution in [2.45, 2.75) is 12.3 Å². The van der Waals surface area contributed by atoms with Gasteiger partial charge in [-0.3, -0.25) is 14.5 Å². The Hall–Kier alpha value is -1.96. The van der Waals surface area contributed by atoms with Gasteiger partial charge in [0.25, 0.3) is 11.8 Å². The van der Waals surface area contributed by atoms with Crippen LogP contribution in [0.3, 0.4) is 0 Å². The van der Waals surface area contributed by atoms with Gasteiger partial charge < -0.3 is 4.74 Å². The van der Waals surface area contributed by atoms with E-state index < -0.39 is 37.4 Å². The molecule has 1 aliphatic heterocycles. The molecular weight excluding hydrogens is 294 g/mol. The first-order valence-corrected chi connectivity index (χ1v) is 6.03. The summed E-state index contributed by atoms with van der Waals surface area (Å²) in [6, 6.07) is 6.13. The number of hydrogen-bond acceptors (Lipinski definition) is 3. The number of benzene rings is 1. The summed E-state index contributed by atoms with van der Waals surface area (Å²) < 4.78 is 53.4. The first-order valence-electron chi connectivity index (χ1n) is 6.03. The fourth-order valence-corrected chi connectivity index (χ4v) is 1.87. The highest BCUT2D eigenvalue weighted by atomic mass is 19.3. The molecule has 2 rings (SSSR count). The number of hydrogen-bond donors (Lipinski definition) is 0. The summed E-state index contributed by atoms with van der Waals surface area (Å²) in [4.78, 5) is 24.6. The molecule has 0 atom stereocenters. The van der Waals surface area contributed by atoms with Crippen molar-refractivity contribution in [3.05, 3.63) is 35.4 Å². The fourth-order valence-electron chi connectivity index (χ4n) is 1.87. The lowest BCUT2D eigenvalue weighted by molar-refractivity contribution is -0.165. The van der Waals surface area contributed by atoms with Crippen LogP contribution in [0.1, 0.15) is 20.7 Å². The standard InChI is InChI=1S/C13H11F4NO3/c14-12(15)13(16,17)7-21-6-5-18-10(19)8-3-1-2-4-9(8)11(18)20/h1-4,12H,5-7H2. The number of carbonyl (C=O) groups excluding carboxylic acids is 2. The molecular formula is C13H11F4NO3. The van der Waals surface area contributed by atoms with Crippen LogP contribution in [0.4, 0.5) is 17.6 Å². The van der Waals surface area contributed by atoms with Crippen molar-refractivity contribution < 1.29 is 31.9 Å². The van der Waals surface area contributed by atoms with Crippen molar-refractivity contribution in [1.82, 2.24) is 4.90 Å². The Kier molecular flexibility index (Phi) is 4.26. The van der Waals surface area contributed by atoms with Crippen molar-refractivity contribution in [2.24, 2.45) is 0 Å². The highest BCUT2D eigenvalue weighted by Gasteiger charge is 2.41. The second-order valence-corrected chi connectivity index (χ2v) is 4.42. The maximum absolute atomic E-state index is 12.6. The van der Waals surface area contributed by atoms with E-state index in [1.807, 2.05) is 0 Å². The first kappa shape index (κ1) is 15.4. The molecule has 0 aromatic heterocycles. The number of carbonyl (C=O) groups is 2. The SMILES string of the molecule is O=C1c2ccccc2C(=O)N1CCOCC(F)(F)C(F)F. The molecule has 0 N–H and O–H groups in total. The summed E-state index contributed by atoms with van der Waals surface area (Å²) in [5.74, 6) is -5.36. The molecule has 0 aliphatic carbocycles. The number of imide groups is 1. The molecule has 1 aromatic carbocycles. The summed E-state index contributed by atoms with van der Waals surface area (Å²) in [5.41, 5.74) is 0.445. The lowest BCUT2D eigenvalue weighted by Gasteiger charge is -2.17. The highest BCUT2D eigenvalue weighted by molar-refractivity contribution is 6.21. The Labute approximate surface area is 117 Å². The maximum atomic E-state index is 12.6. The van der Waals surface area contributed by atoms with Crippen molar-refractivity contribution >= 4 is 11.8 Å². The highest BCUT2D eigenvalue weighted by Crippen LogP contribution is 2.24. The Balaban J connectivity index is 1.89. The van der Waals surface area contributed by atoms with Crippen LogP contribution in [-0.4, -0.2) is 48.8 Å². The molecule has 1 aliphatic rings. The van der Waals surface area contributed by atoms with E-state index in [4.69, 9.17) is 0 Å². The Morgan fingerprint density at radius 1 is 1.10 bits per heavy atom. The second-order valence-electron chi connectivity index (χ2n) is 4.42. The van der Waals surface area contributed by atoms with Gasteiger partial charge in [0.15, 0.2) is 0 Å². The minimum Gasteiger partial charge on any atom is -0.373 e. The lowest BCUT2D eigenvalue weighted by Crippen LogP contribution is -2.36. The van der Waals surface area contributed by atoms with Crippen LogP contribution in [0.5, 0.6) is 0 Å². The van der Waals surface area contributed by atoms with Crippen molar-refractivity contribution in [3.63, 3.8) is 0 Å². The molecule has 4 nitrogen and oxygen atoms in total. The van der Waals surface area contributed by atoms with Crippen LogP contribution in [0.2, 0.25) is 0 Å². The Morgan fingerprint density at radius 3 is 2.10 bits per heavy atom. The van der Waals surface area contributed by atoms with Gasteiger partial charge in [0.2, 0.25) is 0 Å². The average Bonchev–Trinajstić information content (AvgIpc) is 2.68. The van der Waals surface area contributed by atoms with E-state index in [2.05, 4.69) is 4.74 Å². The van der Waals surface area contributed by atoms with Gasteiger partial charge in [-0.15, -0.1) is 0 Å². The molecule has 2 amide bonds. The average molecular weight is 305 g/mol. The van der Waals surface area contributed by atoms with Gasteiger partial charge in [-0.25, -0.2) is 8.78 Å². The minimum atomic E-state index is -4.25. The van der Waals surface area contributed by atoms with Gasteiger partial charge >= 0.3 is 12.3 Å². The first-order chi connectivity index (χ1) is 9.84. The summed E-state index contributed by atoms with van der Waals surface area (Å²) in [7, 11) is 0. The number of nitrogens with zero attached hydrogens (tertiary/aromatic N) is 1. The summed E-state index contributed by atoms with van der Waals surface area (Å²) >= 11 is 0. The quantitative estimate of drug-likeness (QED) is 0.460. The molecule has 114 valence electrons. The lowest BCUT2D eigenvalue weighted by atomic mass is 10.1. The van der Waals surface area contributed by atoms with Crippen LogP contribution in [0, 0.1) is 0 Å². The largest absolute Gasteiger partial charge is 0.373 e. The van der Waals surface area contributed by atoms with Crippen LogP contribution in [0.25, 0.3) is 0 Å². The molecule has 8 heteroatoms. The molecule has 0 saturated heterocycles. The molecule has 1 heterocycles. The number of rotatable bonds is 6. The minimum absolute atomic E-state index is 0.223. The van der Waals surface area contributed by atoms with Crippen LogP contribution < -0.4 is 0 Å². The summed E-state index contributed by atoms with van der Waals surface area (Å²) in [6.45, 7) is -2.17. The van der Waals surface area contributed by atoms with Gasteiger partial charge in [0.05, 0.1) is 24.3 Å². The van der Waals surface area contributed by atoms with Crippen molar-refractivity contribution in [2.75, 3.05) is 19.8 Å². The third-order valence-corrected chi connectivity index (χ3v) is 2.95. The second kappa shape index (κ2) is 5.80. The van der Waals surface area contributed by atoms with E-state index in [0.29, 0.717) is 0 Å². The maximum Gasteiger partial charge on any atom is 0.330 e. The molecule has 0 unspecified atom stereocenters. The van der Waals surface area contributed by atoms with Crippen LogP contribution in [0.15, 0.2) is 24.3 Å². The summed E-state index contributed by atoms with van der Waals surface area (Å²) in [6.07, 6.45) is -3.82. The van der Waals surface area contributed by atoms with E-state index >= 15 is 0 Å². The molecule has 0 bridgehead atoms. The van der Waals surface area contributed by atoms with Crippen LogP contribution >= 0.6 is 0 Å². The van der Waals surface area contributed by atoms with Gasteiger partial charge in [0, 0.05) is 0 Å². The predicted molar refractivity (Wildman–Crippen MR) is 63.6 cm³/mol. The number of halogens is 4. The Bertz CT molecular complexity index is 527. The number of ether oxygens (including phenoxy) is 1. The normalized spacial score (nSPS) is 15.0. The molecule has 0 saturated carbocycles. The Morgan fingerprint density at radius 2 is 1.62 bits per heavy atom. The fraction of sp³-hybridized carbons (Fsp3) is 0.385. The van der Waals surface area contributed by atoms with E-state index in [1.165, 1.54) is 12.1 Å². The van der Waals surface area contributed by atoms with Gasteiger partial charge in [-0.1, -0.05) is 12.1 Å². The molecule has 21 heavy (non-hydrogen) atoms. The number of alkyl halides is 4. The number of amides is 2. The zero-order valence-corrected chi connectivity index (χ0v) is 10.7. The van der Waals surface area contributed by atoms with Gasteiger partial charge in [-0.05, 0) is 12.1 Å². The molecule has 0 fully saturated rings. The molecule has 1 aromatic rings. The van der Waals surface area contributed by atoms with Crippen molar-refractivity contribution in [3.8, 4) is 0 Å². The van der Waals surface area contributed by atoms with Crippen molar-refractivity contribution in [1.29, 1.82) is 0 Å². The smallest absolute Gasteiger partial charge is 0.330 e. The van der Waals surface area contributed by atoms with E-state index in [1.54, 1.807) is 12.1 Å². The van der Waals surface area contributed by atoms with Gasteiger partial charge in [-0.2, -0.15) is 8.78 Å². The summed E-state index contributed by atoms with van der Waals surface area (Å²) in [5, 5.41) is 0.